The van der Waals surface area contributed by atoms with Gasteiger partial charge in [-0.2, -0.15) is 0 Å². The van der Waals surface area contributed by atoms with Gasteiger partial charge in [-0.3, -0.25) is 4.79 Å². The molecule has 1 fully saturated rings. The van der Waals surface area contributed by atoms with Crippen LogP contribution < -0.4 is 5.73 Å². The van der Waals surface area contributed by atoms with Crippen molar-refractivity contribution in [2.75, 3.05) is 18.8 Å². The average Bonchev–Trinajstić information content (AvgIpc) is 2.38. The van der Waals surface area contributed by atoms with Crippen LogP contribution in [0.4, 0.5) is 0 Å². The number of likely N-dealkylation sites (tertiary alicyclic amines) is 1. The van der Waals surface area contributed by atoms with Gasteiger partial charge in [0, 0.05) is 28.5 Å². The Labute approximate surface area is 127 Å². The van der Waals surface area contributed by atoms with E-state index in [4.69, 9.17) is 5.73 Å². The Morgan fingerprint density at radius 2 is 2.16 bits per heavy atom. The molecule has 19 heavy (non-hydrogen) atoms. The van der Waals surface area contributed by atoms with E-state index in [1.165, 1.54) is 10.5 Å². The minimum atomic E-state index is 0.221. The topological polar surface area (TPSA) is 46.3 Å². The molecule has 1 aromatic carbocycles. The van der Waals surface area contributed by atoms with Crippen LogP contribution in [-0.2, 0) is 4.79 Å². The molecule has 0 bridgehead atoms. The number of aryl methyl sites for hydroxylation is 1. The maximum Gasteiger partial charge on any atom is 0.232 e. The predicted molar refractivity (Wildman–Crippen MR) is 83.4 cm³/mol. The maximum atomic E-state index is 12.1. The first kappa shape index (κ1) is 14.9. The number of halogens is 1. The lowest BCUT2D eigenvalue weighted by atomic mass is 10.1. The van der Waals surface area contributed by atoms with E-state index in [-0.39, 0.29) is 11.9 Å². The Morgan fingerprint density at radius 3 is 2.79 bits per heavy atom. The number of carbonyl (C=O) groups is 1. The fourth-order valence-corrected chi connectivity index (χ4v) is 3.54. The Kier molecular flexibility index (Phi) is 5.30. The number of hydrogen-bond acceptors (Lipinski definition) is 3. The normalized spacial score (nSPS) is 16.7. The van der Waals surface area contributed by atoms with E-state index >= 15 is 0 Å². The molecule has 0 aromatic heterocycles. The molecule has 1 aliphatic heterocycles. The molecular weight excluding hydrogens is 324 g/mol. The predicted octanol–water partition coefficient (Wildman–Crippen LogP) is 2.80. The van der Waals surface area contributed by atoms with Crippen LogP contribution in [0.5, 0.6) is 0 Å². The van der Waals surface area contributed by atoms with Crippen molar-refractivity contribution in [3.05, 3.63) is 28.2 Å². The van der Waals surface area contributed by atoms with Crippen LogP contribution >= 0.6 is 27.7 Å². The number of rotatable bonds is 3. The number of hydrogen-bond donors (Lipinski definition) is 1. The van der Waals surface area contributed by atoms with Gasteiger partial charge < -0.3 is 10.6 Å². The third-order valence-electron chi connectivity index (χ3n) is 3.38. The highest BCUT2D eigenvalue weighted by molar-refractivity contribution is 9.10. The average molecular weight is 343 g/mol. The van der Waals surface area contributed by atoms with E-state index < -0.39 is 0 Å². The van der Waals surface area contributed by atoms with Crippen molar-refractivity contribution in [1.82, 2.24) is 4.90 Å². The zero-order chi connectivity index (χ0) is 13.8. The van der Waals surface area contributed by atoms with Gasteiger partial charge in [0.25, 0.3) is 0 Å². The Balaban J connectivity index is 1.86. The van der Waals surface area contributed by atoms with Crippen LogP contribution in [0.3, 0.4) is 0 Å². The van der Waals surface area contributed by atoms with Crippen molar-refractivity contribution >= 4 is 33.6 Å². The SMILES string of the molecule is Cc1cc(Br)ccc1SCC(=O)N1CCC(N)CC1. The lowest BCUT2D eigenvalue weighted by molar-refractivity contribution is -0.129. The Morgan fingerprint density at radius 1 is 1.47 bits per heavy atom. The van der Waals surface area contributed by atoms with E-state index in [2.05, 4.69) is 35.0 Å². The molecule has 1 aliphatic rings. The summed E-state index contributed by atoms with van der Waals surface area (Å²) in [4.78, 5) is 15.2. The smallest absolute Gasteiger partial charge is 0.232 e. The number of nitrogens with zero attached hydrogens (tertiary/aromatic N) is 1. The fourth-order valence-electron chi connectivity index (χ4n) is 2.15. The standard InChI is InChI=1S/C14H19BrN2OS/c1-10-8-11(15)2-3-13(10)19-9-14(18)17-6-4-12(16)5-7-17/h2-3,8,12H,4-7,9,16H2,1H3. The number of thioether (sulfide) groups is 1. The molecule has 3 nitrogen and oxygen atoms in total. The highest BCUT2D eigenvalue weighted by atomic mass is 79.9. The molecule has 1 amide bonds. The monoisotopic (exact) mass is 342 g/mol. The quantitative estimate of drug-likeness (QED) is 0.859. The highest BCUT2D eigenvalue weighted by Crippen LogP contribution is 2.25. The Hall–Kier alpha value is -0.520. The second-order valence-electron chi connectivity index (χ2n) is 4.92. The van der Waals surface area contributed by atoms with Gasteiger partial charge in [0.05, 0.1) is 5.75 Å². The summed E-state index contributed by atoms with van der Waals surface area (Å²) in [6.45, 7) is 3.68. The largest absolute Gasteiger partial charge is 0.342 e. The van der Waals surface area contributed by atoms with Crippen molar-refractivity contribution in [3.8, 4) is 0 Å². The number of nitrogens with two attached hydrogens (primary N) is 1. The molecule has 0 atom stereocenters. The van der Waals surface area contributed by atoms with Gasteiger partial charge >= 0.3 is 0 Å². The lowest BCUT2D eigenvalue weighted by Gasteiger charge is -2.30. The molecule has 0 saturated carbocycles. The third-order valence-corrected chi connectivity index (χ3v) is 5.03. The second-order valence-corrected chi connectivity index (χ2v) is 6.85. The van der Waals surface area contributed by atoms with Crippen molar-refractivity contribution in [2.24, 2.45) is 5.73 Å². The highest BCUT2D eigenvalue weighted by Gasteiger charge is 2.20. The van der Waals surface area contributed by atoms with Crippen LogP contribution in [0.2, 0.25) is 0 Å². The maximum absolute atomic E-state index is 12.1. The first-order valence-corrected chi connectivity index (χ1v) is 8.26. The molecule has 1 aromatic rings. The van der Waals surface area contributed by atoms with Crippen molar-refractivity contribution in [1.29, 1.82) is 0 Å². The zero-order valence-corrected chi connectivity index (χ0v) is 13.5. The minimum absolute atomic E-state index is 0.221. The molecular formula is C14H19BrN2OS. The van der Waals surface area contributed by atoms with E-state index in [1.54, 1.807) is 11.8 Å². The summed E-state index contributed by atoms with van der Waals surface area (Å²) in [5.74, 6) is 0.733. The molecule has 0 radical (unpaired) electrons. The van der Waals surface area contributed by atoms with E-state index in [0.29, 0.717) is 5.75 Å². The molecule has 2 rings (SSSR count). The first-order chi connectivity index (χ1) is 9.06. The summed E-state index contributed by atoms with van der Waals surface area (Å²) in [6, 6.07) is 6.42. The molecule has 0 unspecified atom stereocenters. The van der Waals surface area contributed by atoms with Gasteiger partial charge in [-0.1, -0.05) is 15.9 Å². The summed E-state index contributed by atoms with van der Waals surface area (Å²) in [5, 5.41) is 0. The summed E-state index contributed by atoms with van der Waals surface area (Å²) in [7, 11) is 0. The van der Waals surface area contributed by atoms with Crippen LogP contribution in [0.15, 0.2) is 27.6 Å². The van der Waals surface area contributed by atoms with E-state index in [1.807, 2.05) is 11.0 Å². The summed E-state index contributed by atoms with van der Waals surface area (Å²) in [5.41, 5.74) is 7.05. The Bertz CT molecular complexity index is 459. The number of piperidine rings is 1. The van der Waals surface area contributed by atoms with Crippen LogP contribution in [-0.4, -0.2) is 35.7 Å². The van der Waals surface area contributed by atoms with E-state index in [0.717, 1.165) is 30.4 Å². The summed E-state index contributed by atoms with van der Waals surface area (Å²) < 4.78 is 1.07. The number of carbonyl (C=O) groups excluding carboxylic acids is 1. The van der Waals surface area contributed by atoms with Crippen molar-refractivity contribution in [2.45, 2.75) is 30.7 Å². The number of amides is 1. The third kappa shape index (κ3) is 4.23. The molecule has 1 saturated heterocycles. The summed E-state index contributed by atoms with van der Waals surface area (Å²) in [6.07, 6.45) is 1.85. The molecule has 1 heterocycles. The zero-order valence-electron chi connectivity index (χ0n) is 11.1. The molecule has 104 valence electrons. The van der Waals surface area contributed by atoms with Gasteiger partial charge in [-0.15, -0.1) is 11.8 Å². The van der Waals surface area contributed by atoms with Crippen molar-refractivity contribution < 1.29 is 4.79 Å². The van der Waals surface area contributed by atoms with Gasteiger partial charge in [0.15, 0.2) is 0 Å². The summed E-state index contributed by atoms with van der Waals surface area (Å²) >= 11 is 5.06. The molecule has 2 N–H and O–H groups in total. The van der Waals surface area contributed by atoms with Crippen LogP contribution in [0, 0.1) is 6.92 Å². The number of benzene rings is 1. The minimum Gasteiger partial charge on any atom is -0.342 e. The van der Waals surface area contributed by atoms with Gasteiger partial charge in [0.1, 0.15) is 0 Å². The molecule has 5 heteroatoms. The first-order valence-electron chi connectivity index (χ1n) is 6.48. The van der Waals surface area contributed by atoms with Gasteiger partial charge in [-0.05, 0) is 43.5 Å². The fraction of sp³-hybridized carbons (Fsp3) is 0.500. The van der Waals surface area contributed by atoms with Crippen molar-refractivity contribution in [3.63, 3.8) is 0 Å². The van der Waals surface area contributed by atoms with E-state index in [9.17, 15) is 4.79 Å². The van der Waals surface area contributed by atoms with Gasteiger partial charge in [0.2, 0.25) is 5.91 Å². The van der Waals surface area contributed by atoms with Crippen LogP contribution in [0.1, 0.15) is 18.4 Å². The molecule has 0 spiro atoms. The molecule has 0 aliphatic carbocycles. The second kappa shape index (κ2) is 6.77. The lowest BCUT2D eigenvalue weighted by Crippen LogP contribution is -2.43. The van der Waals surface area contributed by atoms with Crippen LogP contribution in [0.25, 0.3) is 0 Å². The van der Waals surface area contributed by atoms with Gasteiger partial charge in [-0.25, -0.2) is 0 Å².